The van der Waals surface area contributed by atoms with Crippen LogP contribution in [0.1, 0.15) is 27.0 Å². The number of carbonyl (C=O) groups is 1. The molecule has 1 aromatic carbocycles. The summed E-state index contributed by atoms with van der Waals surface area (Å²) in [6.07, 6.45) is 0. The molecule has 4 nitrogen and oxygen atoms in total. The Morgan fingerprint density at radius 2 is 2.11 bits per heavy atom. The van der Waals surface area contributed by atoms with Gasteiger partial charge in [-0.3, -0.25) is 4.79 Å². The maximum Gasteiger partial charge on any atom is 0.186 e. The quantitative estimate of drug-likeness (QED) is 0.845. The van der Waals surface area contributed by atoms with Gasteiger partial charge < -0.3 is 14.8 Å². The first-order valence-electron chi connectivity index (χ1n) is 6.56. The lowest BCUT2D eigenvalue weighted by atomic mass is 9.93. The summed E-state index contributed by atoms with van der Waals surface area (Å²) in [5, 5.41) is 3.20. The fourth-order valence-corrected chi connectivity index (χ4v) is 2.52. The molecule has 1 saturated heterocycles. The molecule has 1 unspecified atom stereocenters. The van der Waals surface area contributed by atoms with Gasteiger partial charge in [0, 0.05) is 6.54 Å². The van der Waals surface area contributed by atoms with Crippen LogP contribution in [0.4, 0.5) is 0 Å². The summed E-state index contributed by atoms with van der Waals surface area (Å²) in [5.74, 6) is 0.743. The van der Waals surface area contributed by atoms with Crippen molar-refractivity contribution in [3.63, 3.8) is 0 Å². The van der Waals surface area contributed by atoms with E-state index in [4.69, 9.17) is 9.47 Å². The van der Waals surface area contributed by atoms with Crippen molar-refractivity contribution in [3.8, 4) is 5.75 Å². The van der Waals surface area contributed by atoms with E-state index in [1.165, 1.54) is 0 Å². The predicted molar refractivity (Wildman–Crippen MR) is 74.1 cm³/mol. The van der Waals surface area contributed by atoms with Gasteiger partial charge in [-0.25, -0.2) is 0 Å². The number of methoxy groups -OCH3 is 1. The number of ether oxygens (including phenoxy) is 2. The van der Waals surface area contributed by atoms with Gasteiger partial charge in [-0.15, -0.1) is 0 Å². The minimum absolute atomic E-state index is 0.0529. The second-order valence-electron chi connectivity index (χ2n) is 4.99. The lowest BCUT2D eigenvalue weighted by Gasteiger charge is -2.25. The molecule has 1 heterocycles. The van der Waals surface area contributed by atoms with Gasteiger partial charge in [0.25, 0.3) is 0 Å². The lowest BCUT2D eigenvalue weighted by Crippen LogP contribution is -2.46. The molecule has 4 heteroatoms. The van der Waals surface area contributed by atoms with E-state index in [1.807, 2.05) is 26.8 Å². The van der Waals surface area contributed by atoms with Crippen molar-refractivity contribution in [3.05, 3.63) is 28.3 Å². The zero-order chi connectivity index (χ0) is 14.0. The highest BCUT2D eigenvalue weighted by Crippen LogP contribution is 2.30. The van der Waals surface area contributed by atoms with E-state index >= 15 is 0 Å². The summed E-state index contributed by atoms with van der Waals surface area (Å²) in [6, 6.07) is 1.76. The number of aryl methyl sites for hydroxylation is 2. The minimum Gasteiger partial charge on any atom is -0.496 e. The summed E-state index contributed by atoms with van der Waals surface area (Å²) < 4.78 is 10.8. The summed E-state index contributed by atoms with van der Waals surface area (Å²) in [4.78, 5) is 12.6. The van der Waals surface area contributed by atoms with Gasteiger partial charge in [0.1, 0.15) is 5.75 Å². The van der Waals surface area contributed by atoms with Crippen LogP contribution in [0.25, 0.3) is 0 Å². The number of carbonyl (C=O) groups excluding carboxylic acids is 1. The van der Waals surface area contributed by atoms with Crippen LogP contribution >= 0.6 is 0 Å². The molecule has 1 aliphatic heterocycles. The third-order valence-electron chi connectivity index (χ3n) is 3.68. The standard InChI is InChI=1S/C15H21NO3/c1-9-7-10(2)13(15(18-4)11(9)3)14(17)12-8-19-6-5-16-12/h7,12,16H,5-6,8H2,1-4H3. The first-order chi connectivity index (χ1) is 9.06. The molecule has 0 radical (unpaired) electrons. The lowest BCUT2D eigenvalue weighted by molar-refractivity contribution is 0.0605. The summed E-state index contributed by atoms with van der Waals surface area (Å²) >= 11 is 0. The third kappa shape index (κ3) is 2.65. The van der Waals surface area contributed by atoms with Crippen LogP contribution in [-0.2, 0) is 4.74 Å². The molecule has 0 saturated carbocycles. The fourth-order valence-electron chi connectivity index (χ4n) is 2.52. The zero-order valence-electron chi connectivity index (χ0n) is 12.0. The average Bonchev–Trinajstić information content (AvgIpc) is 2.42. The Morgan fingerprint density at radius 1 is 1.37 bits per heavy atom. The smallest absolute Gasteiger partial charge is 0.186 e. The van der Waals surface area contributed by atoms with Crippen LogP contribution in [0.2, 0.25) is 0 Å². The molecular formula is C15H21NO3. The molecule has 1 fully saturated rings. The molecule has 0 amide bonds. The fraction of sp³-hybridized carbons (Fsp3) is 0.533. The van der Waals surface area contributed by atoms with Crippen molar-refractivity contribution in [2.24, 2.45) is 0 Å². The molecule has 1 N–H and O–H groups in total. The van der Waals surface area contributed by atoms with Crippen LogP contribution in [0, 0.1) is 20.8 Å². The average molecular weight is 263 g/mol. The van der Waals surface area contributed by atoms with Crippen molar-refractivity contribution in [2.45, 2.75) is 26.8 Å². The summed E-state index contributed by atoms with van der Waals surface area (Å²) in [7, 11) is 1.61. The number of hydrogen-bond acceptors (Lipinski definition) is 4. The van der Waals surface area contributed by atoms with Gasteiger partial charge in [0.2, 0.25) is 0 Å². The van der Waals surface area contributed by atoms with Gasteiger partial charge in [-0.05, 0) is 37.5 Å². The second kappa shape index (κ2) is 5.72. The van der Waals surface area contributed by atoms with Crippen molar-refractivity contribution >= 4 is 5.78 Å². The van der Waals surface area contributed by atoms with Crippen molar-refractivity contribution in [1.82, 2.24) is 5.32 Å². The van der Waals surface area contributed by atoms with Gasteiger partial charge >= 0.3 is 0 Å². The number of morpholine rings is 1. The molecule has 0 aromatic heterocycles. The monoisotopic (exact) mass is 263 g/mol. The maximum atomic E-state index is 12.6. The van der Waals surface area contributed by atoms with Crippen LogP contribution < -0.4 is 10.1 Å². The molecular weight excluding hydrogens is 242 g/mol. The highest BCUT2D eigenvalue weighted by molar-refractivity contribution is 6.04. The number of benzene rings is 1. The van der Waals surface area contributed by atoms with E-state index in [0.717, 1.165) is 16.7 Å². The van der Waals surface area contributed by atoms with Gasteiger partial charge in [0.05, 0.1) is 31.9 Å². The maximum absolute atomic E-state index is 12.6. The Labute approximate surface area is 114 Å². The van der Waals surface area contributed by atoms with E-state index < -0.39 is 0 Å². The van der Waals surface area contributed by atoms with Gasteiger partial charge in [-0.2, -0.15) is 0 Å². The normalized spacial score (nSPS) is 19.3. The third-order valence-corrected chi connectivity index (χ3v) is 3.68. The molecule has 1 aliphatic rings. The largest absolute Gasteiger partial charge is 0.496 e. The Balaban J connectivity index is 2.43. The van der Waals surface area contributed by atoms with Gasteiger partial charge in [-0.1, -0.05) is 6.07 Å². The minimum atomic E-state index is -0.275. The Morgan fingerprint density at radius 3 is 2.68 bits per heavy atom. The highest BCUT2D eigenvalue weighted by atomic mass is 16.5. The molecule has 0 aliphatic carbocycles. The van der Waals surface area contributed by atoms with E-state index in [2.05, 4.69) is 5.32 Å². The molecule has 104 valence electrons. The van der Waals surface area contributed by atoms with E-state index in [0.29, 0.717) is 31.1 Å². The van der Waals surface area contributed by atoms with Crippen LogP contribution in [0.15, 0.2) is 6.07 Å². The van der Waals surface area contributed by atoms with Crippen molar-refractivity contribution in [2.75, 3.05) is 26.9 Å². The molecule has 19 heavy (non-hydrogen) atoms. The number of ketones is 1. The number of rotatable bonds is 3. The van der Waals surface area contributed by atoms with Crippen molar-refractivity contribution < 1.29 is 14.3 Å². The number of Topliss-reactive ketones (excluding diaryl/α,β-unsaturated/α-hetero) is 1. The zero-order valence-corrected chi connectivity index (χ0v) is 12.0. The number of hydrogen-bond donors (Lipinski definition) is 1. The topological polar surface area (TPSA) is 47.6 Å². The number of nitrogens with one attached hydrogen (secondary N) is 1. The molecule has 0 bridgehead atoms. The van der Waals surface area contributed by atoms with Crippen molar-refractivity contribution in [1.29, 1.82) is 0 Å². The first-order valence-corrected chi connectivity index (χ1v) is 6.56. The summed E-state index contributed by atoms with van der Waals surface area (Å²) in [5.41, 5.74) is 3.79. The Hall–Kier alpha value is -1.39. The highest BCUT2D eigenvalue weighted by Gasteiger charge is 2.27. The van der Waals surface area contributed by atoms with Gasteiger partial charge in [0.15, 0.2) is 5.78 Å². The van der Waals surface area contributed by atoms with Crippen LogP contribution in [-0.4, -0.2) is 38.7 Å². The second-order valence-corrected chi connectivity index (χ2v) is 4.99. The SMILES string of the molecule is COc1c(C)c(C)cc(C)c1C(=O)C1COCCN1. The molecule has 0 spiro atoms. The van der Waals surface area contributed by atoms with E-state index in [1.54, 1.807) is 7.11 Å². The Kier molecular flexibility index (Phi) is 4.22. The predicted octanol–water partition coefficient (Wildman–Crippen LogP) is 1.79. The van der Waals surface area contributed by atoms with E-state index in [9.17, 15) is 4.79 Å². The summed E-state index contributed by atoms with van der Waals surface area (Å²) in [6.45, 7) is 7.76. The molecule has 2 rings (SSSR count). The Bertz CT molecular complexity index is 491. The van der Waals surface area contributed by atoms with Crippen LogP contribution in [0.5, 0.6) is 5.75 Å². The molecule has 1 aromatic rings. The van der Waals surface area contributed by atoms with E-state index in [-0.39, 0.29) is 11.8 Å². The van der Waals surface area contributed by atoms with Crippen LogP contribution in [0.3, 0.4) is 0 Å². The molecule has 1 atom stereocenters. The first kappa shape index (κ1) is 14.0.